The predicted molar refractivity (Wildman–Crippen MR) is 111 cm³/mol. The third kappa shape index (κ3) is 3.86. The van der Waals surface area contributed by atoms with Crippen LogP contribution in [0.15, 0.2) is 53.7 Å². The molecule has 2 aromatic carbocycles. The van der Waals surface area contributed by atoms with Gasteiger partial charge in [-0.3, -0.25) is 4.79 Å². The van der Waals surface area contributed by atoms with Crippen LogP contribution in [0.3, 0.4) is 0 Å². The van der Waals surface area contributed by atoms with E-state index in [4.69, 9.17) is 11.6 Å². The van der Waals surface area contributed by atoms with E-state index in [1.807, 2.05) is 67.1 Å². The quantitative estimate of drug-likeness (QED) is 0.683. The van der Waals surface area contributed by atoms with Gasteiger partial charge in [-0.1, -0.05) is 65.3 Å². The van der Waals surface area contributed by atoms with Gasteiger partial charge in [0.2, 0.25) is 11.1 Å². The number of nitrogens with zero attached hydrogens (tertiary/aromatic N) is 3. The Balaban J connectivity index is 1.57. The van der Waals surface area contributed by atoms with Gasteiger partial charge in [-0.05, 0) is 37.1 Å². The second-order valence-corrected chi connectivity index (χ2v) is 8.31. The van der Waals surface area contributed by atoms with Crippen molar-refractivity contribution in [2.75, 3.05) is 5.43 Å². The minimum Gasteiger partial charge on any atom is -0.351 e. The van der Waals surface area contributed by atoms with Crippen LogP contribution in [0.5, 0.6) is 0 Å². The molecule has 0 aliphatic carbocycles. The molecule has 0 saturated carbocycles. The zero-order valence-electron chi connectivity index (χ0n) is 15.5. The maximum Gasteiger partial charge on any atom is 0.236 e. The van der Waals surface area contributed by atoms with Crippen molar-refractivity contribution < 1.29 is 4.79 Å². The van der Waals surface area contributed by atoms with E-state index >= 15 is 0 Å². The summed E-state index contributed by atoms with van der Waals surface area (Å²) in [5.74, 6) is 0.699. The van der Waals surface area contributed by atoms with E-state index in [1.165, 1.54) is 17.3 Å². The molecule has 2 atom stereocenters. The smallest absolute Gasteiger partial charge is 0.236 e. The number of aromatic nitrogens is 3. The average Bonchev–Trinajstić information content (AvgIpc) is 3.07. The van der Waals surface area contributed by atoms with Gasteiger partial charge in [-0.15, -0.1) is 10.2 Å². The largest absolute Gasteiger partial charge is 0.351 e. The average molecular weight is 414 g/mol. The first-order valence-corrected chi connectivity index (χ1v) is 10.2. The topological polar surface area (TPSA) is 71.8 Å². The number of fused-ring (bicyclic) bond motifs is 1. The Bertz CT molecular complexity index is 987. The highest BCUT2D eigenvalue weighted by Crippen LogP contribution is 2.37. The molecular weight excluding hydrogens is 394 g/mol. The van der Waals surface area contributed by atoms with Crippen molar-refractivity contribution in [2.45, 2.75) is 36.8 Å². The van der Waals surface area contributed by atoms with Gasteiger partial charge < -0.3 is 10.7 Å². The van der Waals surface area contributed by atoms with E-state index in [2.05, 4.69) is 20.9 Å². The summed E-state index contributed by atoms with van der Waals surface area (Å²) >= 11 is 7.45. The lowest BCUT2D eigenvalue weighted by atomic mass is 10.0. The van der Waals surface area contributed by atoms with Crippen LogP contribution in [0, 0.1) is 13.8 Å². The molecule has 0 radical (unpaired) electrons. The molecule has 1 amide bonds. The Hall–Kier alpha value is -2.51. The highest BCUT2D eigenvalue weighted by Gasteiger charge is 2.37. The van der Waals surface area contributed by atoms with E-state index in [0.717, 1.165) is 17.0 Å². The monoisotopic (exact) mass is 413 g/mol. The Morgan fingerprint density at radius 1 is 1.14 bits per heavy atom. The molecule has 3 aromatic rings. The van der Waals surface area contributed by atoms with Crippen LogP contribution >= 0.6 is 23.4 Å². The highest BCUT2D eigenvalue weighted by molar-refractivity contribution is 8.00. The molecule has 1 aliphatic rings. The minimum atomic E-state index is -0.386. The van der Waals surface area contributed by atoms with E-state index < -0.39 is 0 Å². The Morgan fingerprint density at radius 2 is 1.86 bits per heavy atom. The molecule has 144 valence electrons. The van der Waals surface area contributed by atoms with E-state index in [0.29, 0.717) is 16.7 Å². The molecule has 28 heavy (non-hydrogen) atoms. The van der Waals surface area contributed by atoms with Crippen molar-refractivity contribution in [3.05, 3.63) is 76.1 Å². The summed E-state index contributed by atoms with van der Waals surface area (Å²) in [5.41, 5.74) is 6.62. The first-order chi connectivity index (χ1) is 13.5. The summed E-state index contributed by atoms with van der Waals surface area (Å²) in [7, 11) is 0. The lowest BCUT2D eigenvalue weighted by Crippen LogP contribution is -2.44. The number of nitrogens with one attached hydrogen (secondary N) is 2. The third-order valence-corrected chi connectivity index (χ3v) is 6.14. The van der Waals surface area contributed by atoms with Crippen molar-refractivity contribution >= 4 is 29.3 Å². The Labute approximate surface area is 172 Å². The van der Waals surface area contributed by atoms with Gasteiger partial charge in [0, 0.05) is 11.6 Å². The molecule has 1 aliphatic heterocycles. The van der Waals surface area contributed by atoms with Gasteiger partial charge in [0.25, 0.3) is 0 Å². The molecular formula is C20H20ClN5OS. The zero-order chi connectivity index (χ0) is 19.7. The maximum atomic E-state index is 13.1. The lowest BCUT2D eigenvalue weighted by molar-refractivity contribution is -0.121. The van der Waals surface area contributed by atoms with Crippen LogP contribution in [0.4, 0.5) is 0 Å². The Morgan fingerprint density at radius 3 is 2.57 bits per heavy atom. The third-order valence-electron chi connectivity index (χ3n) is 4.67. The number of amides is 1. The number of carbonyl (C=O) groups is 1. The number of rotatable bonds is 4. The summed E-state index contributed by atoms with van der Waals surface area (Å²) in [6.07, 6.45) is 0. The summed E-state index contributed by atoms with van der Waals surface area (Å²) in [4.78, 5) is 13.1. The summed E-state index contributed by atoms with van der Waals surface area (Å²) in [6, 6.07) is 15.4. The predicted octanol–water partition coefficient (Wildman–Crippen LogP) is 3.62. The van der Waals surface area contributed by atoms with Crippen molar-refractivity contribution in [2.24, 2.45) is 0 Å². The molecule has 8 heteroatoms. The molecule has 1 aromatic heterocycles. The van der Waals surface area contributed by atoms with Gasteiger partial charge in [0.1, 0.15) is 11.1 Å². The standard InChI is InChI=1S/C20H20ClN5OS/c1-12-3-5-14(6-4-12)11-22-19(27)18-17(15-7-9-16(21)10-8-15)25-26-13(2)23-24-20(26)28-18/h3-10,17-18,25H,11H2,1-2H3,(H,22,27)/t17-,18-/m0/s1. The van der Waals surface area contributed by atoms with Gasteiger partial charge in [0.05, 0.1) is 6.04 Å². The fourth-order valence-electron chi connectivity index (χ4n) is 3.08. The van der Waals surface area contributed by atoms with Crippen LogP contribution in [-0.2, 0) is 11.3 Å². The maximum absolute atomic E-state index is 13.1. The number of carbonyl (C=O) groups excluding carboxylic acids is 1. The van der Waals surface area contributed by atoms with Gasteiger partial charge in [-0.25, -0.2) is 4.68 Å². The van der Waals surface area contributed by atoms with E-state index in [-0.39, 0.29) is 17.2 Å². The number of aryl methyl sites for hydroxylation is 2. The van der Waals surface area contributed by atoms with Crippen molar-refractivity contribution in [1.82, 2.24) is 20.2 Å². The second kappa shape index (κ2) is 7.85. The number of halogens is 1. The van der Waals surface area contributed by atoms with Gasteiger partial charge in [-0.2, -0.15) is 0 Å². The molecule has 0 unspecified atom stereocenters. The SMILES string of the molecule is Cc1ccc(CNC(=O)[C@H]2Sc3nnc(C)n3N[C@H]2c2ccc(Cl)cc2)cc1. The van der Waals surface area contributed by atoms with Crippen LogP contribution in [0.25, 0.3) is 0 Å². The summed E-state index contributed by atoms with van der Waals surface area (Å²) in [5, 5.41) is 12.3. The highest BCUT2D eigenvalue weighted by atomic mass is 35.5. The molecule has 0 fully saturated rings. The first-order valence-electron chi connectivity index (χ1n) is 8.95. The normalized spacial score (nSPS) is 18.2. The molecule has 0 spiro atoms. The van der Waals surface area contributed by atoms with Crippen molar-refractivity contribution in [1.29, 1.82) is 0 Å². The fourth-order valence-corrected chi connectivity index (χ4v) is 4.35. The summed E-state index contributed by atoms with van der Waals surface area (Å²) < 4.78 is 1.83. The first kappa shape index (κ1) is 18.8. The molecule has 0 bridgehead atoms. The van der Waals surface area contributed by atoms with Crippen LogP contribution in [0.2, 0.25) is 5.02 Å². The number of hydrogen-bond acceptors (Lipinski definition) is 5. The molecule has 2 N–H and O–H groups in total. The van der Waals surface area contributed by atoms with Crippen molar-refractivity contribution in [3.63, 3.8) is 0 Å². The molecule has 2 heterocycles. The van der Waals surface area contributed by atoms with Crippen LogP contribution in [0.1, 0.15) is 28.6 Å². The van der Waals surface area contributed by atoms with Crippen LogP contribution in [-0.4, -0.2) is 26.0 Å². The van der Waals surface area contributed by atoms with E-state index in [9.17, 15) is 4.79 Å². The zero-order valence-corrected chi connectivity index (χ0v) is 17.1. The molecule has 6 nitrogen and oxygen atoms in total. The lowest BCUT2D eigenvalue weighted by Gasteiger charge is -2.32. The minimum absolute atomic E-state index is 0.0510. The molecule has 0 saturated heterocycles. The van der Waals surface area contributed by atoms with Crippen LogP contribution < -0.4 is 10.7 Å². The fraction of sp³-hybridized carbons (Fsp3) is 0.250. The number of hydrogen-bond donors (Lipinski definition) is 2. The molecule has 4 rings (SSSR count). The number of benzene rings is 2. The van der Waals surface area contributed by atoms with Crippen molar-refractivity contribution in [3.8, 4) is 0 Å². The van der Waals surface area contributed by atoms with Gasteiger partial charge in [0.15, 0.2) is 0 Å². The second-order valence-electron chi connectivity index (χ2n) is 6.77. The summed E-state index contributed by atoms with van der Waals surface area (Å²) in [6.45, 7) is 4.40. The number of thioether (sulfide) groups is 1. The van der Waals surface area contributed by atoms with Gasteiger partial charge >= 0.3 is 0 Å². The Kier molecular flexibility index (Phi) is 5.28. The van der Waals surface area contributed by atoms with E-state index in [1.54, 1.807) is 0 Å².